The quantitative estimate of drug-likeness (QED) is 0.857. The number of aromatic nitrogens is 1. The van der Waals surface area contributed by atoms with Gasteiger partial charge < -0.3 is 11.1 Å². The molecule has 2 aromatic rings. The van der Waals surface area contributed by atoms with Gasteiger partial charge in [0.15, 0.2) is 0 Å². The van der Waals surface area contributed by atoms with Crippen LogP contribution in [0.5, 0.6) is 0 Å². The lowest BCUT2D eigenvalue weighted by Gasteiger charge is -2.16. The Morgan fingerprint density at radius 3 is 2.78 bits per heavy atom. The molecule has 1 atom stereocenters. The number of nitrogens with two attached hydrogens (primary N) is 1. The third-order valence-electron chi connectivity index (χ3n) is 4.25. The summed E-state index contributed by atoms with van der Waals surface area (Å²) in [5.41, 5.74) is 7.04. The highest BCUT2D eigenvalue weighted by Gasteiger charge is 2.22. The first-order chi connectivity index (χ1) is 11.2. The largest absolute Gasteiger partial charge is 0.370 e. The minimum atomic E-state index is -0.376. The van der Waals surface area contributed by atoms with Gasteiger partial charge in [-0.15, -0.1) is 0 Å². The maximum atomic E-state index is 11.1. The summed E-state index contributed by atoms with van der Waals surface area (Å²) in [5.74, 6) is 1.20. The van der Waals surface area contributed by atoms with Gasteiger partial charge in [0.25, 0.3) is 0 Å². The average Bonchev–Trinajstić information content (AvgIpc) is 3.02. The van der Waals surface area contributed by atoms with Crippen LogP contribution in [0.4, 0.5) is 5.82 Å². The summed E-state index contributed by atoms with van der Waals surface area (Å²) in [6, 6.07) is 13.5. The molecule has 1 aliphatic heterocycles. The molecule has 5 heteroatoms. The Kier molecular flexibility index (Phi) is 4.88. The normalized spacial score (nSPS) is 18.0. The van der Waals surface area contributed by atoms with Gasteiger partial charge >= 0.3 is 0 Å². The summed E-state index contributed by atoms with van der Waals surface area (Å²) >= 11 is 0. The number of nitrogens with one attached hydrogen (secondary N) is 1. The topological polar surface area (TPSA) is 71.2 Å². The first kappa shape index (κ1) is 15.5. The highest BCUT2D eigenvalue weighted by atomic mass is 16.1. The second-order valence-electron chi connectivity index (χ2n) is 6.05. The molecule has 1 fully saturated rings. The zero-order valence-corrected chi connectivity index (χ0v) is 13.1. The van der Waals surface area contributed by atoms with Gasteiger partial charge in [-0.25, -0.2) is 4.98 Å². The van der Waals surface area contributed by atoms with E-state index < -0.39 is 0 Å². The van der Waals surface area contributed by atoms with Crippen molar-refractivity contribution in [2.75, 3.05) is 25.0 Å². The van der Waals surface area contributed by atoms with Crippen LogP contribution in [0.2, 0.25) is 0 Å². The van der Waals surface area contributed by atoms with E-state index in [1.54, 1.807) is 18.3 Å². The molecule has 2 heterocycles. The van der Waals surface area contributed by atoms with E-state index in [1.807, 2.05) is 30.3 Å². The van der Waals surface area contributed by atoms with Gasteiger partial charge in [0, 0.05) is 31.4 Å². The highest BCUT2D eigenvalue weighted by molar-refractivity contribution is 5.92. The molecule has 0 aliphatic carbocycles. The fraction of sp³-hybridized carbons (Fsp3) is 0.333. The summed E-state index contributed by atoms with van der Waals surface area (Å²) in [6.45, 7) is 4.05. The molecule has 3 N–H and O–H groups in total. The number of carbonyl (C=O) groups excluding carboxylic acids is 1. The highest BCUT2D eigenvalue weighted by Crippen LogP contribution is 2.19. The number of primary amides is 1. The number of likely N-dealkylation sites (tertiary alicyclic amines) is 1. The van der Waals surface area contributed by atoms with E-state index in [-0.39, 0.29) is 5.91 Å². The van der Waals surface area contributed by atoms with E-state index in [1.165, 1.54) is 12.0 Å². The lowest BCUT2D eigenvalue weighted by atomic mass is 10.1. The lowest BCUT2D eigenvalue weighted by Crippen LogP contribution is -2.23. The molecule has 23 heavy (non-hydrogen) atoms. The van der Waals surface area contributed by atoms with Crippen LogP contribution in [0.1, 0.15) is 22.3 Å². The van der Waals surface area contributed by atoms with Crippen LogP contribution in [-0.4, -0.2) is 35.4 Å². The van der Waals surface area contributed by atoms with Crippen molar-refractivity contribution in [2.45, 2.75) is 13.0 Å². The third-order valence-corrected chi connectivity index (χ3v) is 4.25. The van der Waals surface area contributed by atoms with Gasteiger partial charge in [-0.1, -0.05) is 18.2 Å². The predicted octanol–water partition coefficient (Wildman–Crippen LogP) is 2.11. The molecule has 1 amide bonds. The SMILES string of the molecule is NC(=O)c1ccc(CN2CC[C@@H](CNc3ccccn3)C2)cc1. The number of anilines is 1. The molecule has 0 spiro atoms. The number of hydrogen-bond donors (Lipinski definition) is 2. The third kappa shape index (κ3) is 4.29. The number of nitrogens with zero attached hydrogens (tertiary/aromatic N) is 2. The Morgan fingerprint density at radius 2 is 2.09 bits per heavy atom. The number of carbonyl (C=O) groups is 1. The van der Waals surface area contributed by atoms with E-state index in [0.717, 1.165) is 32.0 Å². The van der Waals surface area contributed by atoms with Crippen molar-refractivity contribution in [1.29, 1.82) is 0 Å². The number of rotatable bonds is 6. The molecule has 0 saturated carbocycles. The van der Waals surface area contributed by atoms with E-state index >= 15 is 0 Å². The maximum absolute atomic E-state index is 11.1. The fourth-order valence-corrected chi connectivity index (χ4v) is 2.97. The Labute approximate surface area is 136 Å². The van der Waals surface area contributed by atoms with Gasteiger partial charge in [0.05, 0.1) is 0 Å². The van der Waals surface area contributed by atoms with E-state index in [9.17, 15) is 4.79 Å². The van der Waals surface area contributed by atoms with E-state index in [2.05, 4.69) is 15.2 Å². The number of amides is 1. The molecule has 120 valence electrons. The second-order valence-corrected chi connectivity index (χ2v) is 6.05. The van der Waals surface area contributed by atoms with Crippen molar-refractivity contribution in [2.24, 2.45) is 11.7 Å². The zero-order valence-electron chi connectivity index (χ0n) is 13.1. The van der Waals surface area contributed by atoms with Gasteiger partial charge in [0.2, 0.25) is 5.91 Å². The summed E-state index contributed by atoms with van der Waals surface area (Å²) < 4.78 is 0. The maximum Gasteiger partial charge on any atom is 0.248 e. The summed E-state index contributed by atoms with van der Waals surface area (Å²) in [4.78, 5) is 17.8. The molecular weight excluding hydrogens is 288 g/mol. The van der Waals surface area contributed by atoms with Crippen LogP contribution in [-0.2, 0) is 6.54 Å². The van der Waals surface area contributed by atoms with Crippen LogP contribution < -0.4 is 11.1 Å². The van der Waals surface area contributed by atoms with Crippen molar-refractivity contribution < 1.29 is 4.79 Å². The molecule has 1 saturated heterocycles. The number of benzene rings is 1. The van der Waals surface area contributed by atoms with Crippen LogP contribution in [0.25, 0.3) is 0 Å². The zero-order chi connectivity index (χ0) is 16.1. The summed E-state index contributed by atoms with van der Waals surface area (Å²) in [5, 5.41) is 3.40. The molecule has 0 unspecified atom stereocenters. The van der Waals surface area contributed by atoms with Gasteiger partial charge in [-0.05, 0) is 48.7 Å². The van der Waals surface area contributed by atoms with Crippen LogP contribution >= 0.6 is 0 Å². The lowest BCUT2D eigenvalue weighted by molar-refractivity contribution is 0.100. The monoisotopic (exact) mass is 310 g/mol. The molecule has 5 nitrogen and oxygen atoms in total. The minimum absolute atomic E-state index is 0.376. The van der Waals surface area contributed by atoms with Crippen molar-refractivity contribution in [3.63, 3.8) is 0 Å². The van der Waals surface area contributed by atoms with E-state index in [0.29, 0.717) is 11.5 Å². The van der Waals surface area contributed by atoms with E-state index in [4.69, 9.17) is 5.73 Å². The number of pyridine rings is 1. The smallest absolute Gasteiger partial charge is 0.248 e. The summed E-state index contributed by atoms with van der Waals surface area (Å²) in [6.07, 6.45) is 3.00. The summed E-state index contributed by atoms with van der Waals surface area (Å²) in [7, 11) is 0. The molecule has 0 radical (unpaired) electrons. The molecule has 0 bridgehead atoms. The molecule has 1 aliphatic rings. The average molecular weight is 310 g/mol. The molecule has 3 rings (SSSR count). The standard InChI is InChI=1S/C18H22N4O/c19-18(23)16-6-4-14(5-7-16)12-22-10-8-15(13-22)11-21-17-3-1-2-9-20-17/h1-7,9,15H,8,10-13H2,(H2,19,23)(H,20,21)/t15-/m0/s1. The van der Waals surface area contributed by atoms with Crippen molar-refractivity contribution in [3.8, 4) is 0 Å². The Morgan fingerprint density at radius 1 is 1.26 bits per heavy atom. The Bertz CT molecular complexity index is 642. The Hall–Kier alpha value is -2.40. The first-order valence-electron chi connectivity index (χ1n) is 7.97. The first-order valence-corrected chi connectivity index (χ1v) is 7.97. The molecule has 1 aromatic carbocycles. The number of hydrogen-bond acceptors (Lipinski definition) is 4. The minimum Gasteiger partial charge on any atom is -0.370 e. The van der Waals surface area contributed by atoms with Crippen molar-refractivity contribution in [3.05, 3.63) is 59.8 Å². The molecular formula is C18H22N4O. The van der Waals surface area contributed by atoms with Crippen LogP contribution in [0.15, 0.2) is 48.7 Å². The van der Waals surface area contributed by atoms with Crippen molar-refractivity contribution in [1.82, 2.24) is 9.88 Å². The van der Waals surface area contributed by atoms with Gasteiger partial charge in [-0.2, -0.15) is 0 Å². The van der Waals surface area contributed by atoms with Gasteiger partial charge in [0.1, 0.15) is 5.82 Å². The van der Waals surface area contributed by atoms with Crippen LogP contribution in [0, 0.1) is 5.92 Å². The predicted molar refractivity (Wildman–Crippen MR) is 91.1 cm³/mol. The van der Waals surface area contributed by atoms with Crippen molar-refractivity contribution >= 4 is 11.7 Å². The molecule has 1 aromatic heterocycles. The fourth-order valence-electron chi connectivity index (χ4n) is 2.97. The Balaban J connectivity index is 1.47. The van der Waals surface area contributed by atoms with Crippen LogP contribution in [0.3, 0.4) is 0 Å². The van der Waals surface area contributed by atoms with Gasteiger partial charge in [-0.3, -0.25) is 9.69 Å². The second kappa shape index (κ2) is 7.24.